The molecule has 21 heavy (non-hydrogen) atoms. The largest absolute Gasteiger partial charge is 0.341 e. The predicted molar refractivity (Wildman–Crippen MR) is 79.7 cm³/mol. The van der Waals surface area contributed by atoms with Crippen LogP contribution in [0.4, 0.5) is 0 Å². The lowest BCUT2D eigenvalue weighted by Crippen LogP contribution is -2.54. The number of hydrogen-bond donors (Lipinski definition) is 1. The number of carbonyl (C=O) groups is 1. The Morgan fingerprint density at radius 1 is 1.38 bits per heavy atom. The van der Waals surface area contributed by atoms with Gasteiger partial charge in [0.1, 0.15) is 12.2 Å². The van der Waals surface area contributed by atoms with Gasteiger partial charge in [0.05, 0.1) is 6.04 Å². The molecule has 2 aliphatic rings. The third-order valence-electron chi connectivity index (χ3n) is 4.88. The van der Waals surface area contributed by atoms with Crippen LogP contribution in [0, 0.1) is 5.92 Å². The fourth-order valence-electron chi connectivity index (χ4n) is 3.63. The van der Waals surface area contributed by atoms with E-state index in [2.05, 4.69) is 22.4 Å². The number of aryl methyl sites for hydroxylation is 1. The van der Waals surface area contributed by atoms with Gasteiger partial charge in [0, 0.05) is 26.1 Å². The molecule has 1 aromatic rings. The van der Waals surface area contributed by atoms with Crippen LogP contribution >= 0.6 is 0 Å². The summed E-state index contributed by atoms with van der Waals surface area (Å²) in [6.07, 6.45) is 6.19. The van der Waals surface area contributed by atoms with Gasteiger partial charge in [0.2, 0.25) is 5.91 Å². The smallest absolute Gasteiger partial charge is 0.240 e. The summed E-state index contributed by atoms with van der Waals surface area (Å²) >= 11 is 0. The summed E-state index contributed by atoms with van der Waals surface area (Å²) in [4.78, 5) is 14.8. The van der Waals surface area contributed by atoms with E-state index < -0.39 is 0 Å². The van der Waals surface area contributed by atoms with E-state index in [0.717, 1.165) is 44.7 Å². The van der Waals surface area contributed by atoms with Gasteiger partial charge in [-0.25, -0.2) is 0 Å². The van der Waals surface area contributed by atoms with Crippen molar-refractivity contribution in [2.24, 2.45) is 13.0 Å². The number of amides is 1. The van der Waals surface area contributed by atoms with Crippen molar-refractivity contribution in [3.8, 4) is 0 Å². The van der Waals surface area contributed by atoms with E-state index >= 15 is 0 Å². The zero-order chi connectivity index (χ0) is 14.8. The van der Waals surface area contributed by atoms with E-state index in [9.17, 15) is 4.79 Å². The number of nitrogens with zero attached hydrogens (tertiary/aromatic N) is 4. The summed E-state index contributed by atoms with van der Waals surface area (Å²) in [6.45, 7) is 4.79. The Balaban J connectivity index is 1.68. The molecule has 0 radical (unpaired) electrons. The first-order valence-electron chi connectivity index (χ1n) is 8.03. The SMILES string of the molecule is CC1CCCNC1C(=O)N1CCCC(c2nncn2C)C1. The highest BCUT2D eigenvalue weighted by molar-refractivity contribution is 5.82. The van der Waals surface area contributed by atoms with E-state index in [1.165, 1.54) is 6.42 Å². The molecule has 3 atom stereocenters. The first-order valence-corrected chi connectivity index (χ1v) is 8.03. The molecule has 3 rings (SSSR count). The Labute approximate surface area is 125 Å². The summed E-state index contributed by atoms with van der Waals surface area (Å²) in [7, 11) is 1.97. The normalized spacial score (nSPS) is 30.4. The molecule has 3 unspecified atom stereocenters. The third kappa shape index (κ3) is 2.95. The van der Waals surface area contributed by atoms with Gasteiger partial charge in [-0.3, -0.25) is 4.79 Å². The Bertz CT molecular complexity index is 500. The lowest BCUT2D eigenvalue weighted by Gasteiger charge is -2.37. The first-order chi connectivity index (χ1) is 10.2. The average Bonchev–Trinajstić information content (AvgIpc) is 2.93. The number of piperidine rings is 2. The van der Waals surface area contributed by atoms with Crippen LogP contribution in [-0.4, -0.2) is 51.2 Å². The second-order valence-corrected chi connectivity index (χ2v) is 6.47. The summed E-state index contributed by atoms with van der Waals surface area (Å²) in [6, 6.07) is -0.00278. The van der Waals surface area contributed by atoms with Crippen molar-refractivity contribution in [3.63, 3.8) is 0 Å². The van der Waals surface area contributed by atoms with Gasteiger partial charge in [-0.15, -0.1) is 10.2 Å². The summed E-state index contributed by atoms with van der Waals surface area (Å²) < 4.78 is 1.97. The Morgan fingerprint density at radius 3 is 2.95 bits per heavy atom. The highest BCUT2D eigenvalue weighted by Crippen LogP contribution is 2.27. The van der Waals surface area contributed by atoms with Crippen molar-refractivity contribution >= 4 is 5.91 Å². The molecule has 0 aromatic carbocycles. The lowest BCUT2D eigenvalue weighted by molar-refractivity contribution is -0.136. The van der Waals surface area contributed by atoms with Gasteiger partial charge < -0.3 is 14.8 Å². The molecule has 1 amide bonds. The van der Waals surface area contributed by atoms with Gasteiger partial charge >= 0.3 is 0 Å². The van der Waals surface area contributed by atoms with E-state index in [4.69, 9.17) is 0 Å². The fourth-order valence-corrected chi connectivity index (χ4v) is 3.63. The minimum absolute atomic E-state index is 0.00278. The van der Waals surface area contributed by atoms with Gasteiger partial charge in [-0.05, 0) is 38.1 Å². The monoisotopic (exact) mass is 291 g/mol. The molecule has 0 saturated carbocycles. The van der Waals surface area contributed by atoms with Crippen molar-refractivity contribution in [1.82, 2.24) is 25.0 Å². The van der Waals surface area contributed by atoms with Gasteiger partial charge in [0.15, 0.2) is 0 Å². The maximum Gasteiger partial charge on any atom is 0.240 e. The highest BCUT2D eigenvalue weighted by atomic mass is 16.2. The summed E-state index contributed by atoms with van der Waals surface area (Å²) in [5.41, 5.74) is 0. The maximum atomic E-state index is 12.8. The maximum absolute atomic E-state index is 12.8. The first kappa shape index (κ1) is 14.5. The predicted octanol–water partition coefficient (Wildman–Crippen LogP) is 0.909. The molecule has 0 spiro atoms. The quantitative estimate of drug-likeness (QED) is 0.880. The molecule has 0 bridgehead atoms. The van der Waals surface area contributed by atoms with Crippen LogP contribution < -0.4 is 5.32 Å². The molecule has 2 aliphatic heterocycles. The van der Waals surface area contributed by atoms with Crippen LogP contribution in [0.15, 0.2) is 6.33 Å². The average molecular weight is 291 g/mol. The third-order valence-corrected chi connectivity index (χ3v) is 4.88. The lowest BCUT2D eigenvalue weighted by atomic mass is 9.90. The van der Waals surface area contributed by atoms with Crippen molar-refractivity contribution in [3.05, 3.63) is 12.2 Å². The number of carbonyl (C=O) groups excluding carboxylic acids is 1. The van der Waals surface area contributed by atoms with Crippen molar-refractivity contribution in [2.45, 2.75) is 44.6 Å². The van der Waals surface area contributed by atoms with E-state index in [0.29, 0.717) is 11.8 Å². The van der Waals surface area contributed by atoms with Crippen LogP contribution in [0.3, 0.4) is 0 Å². The van der Waals surface area contributed by atoms with Crippen LogP contribution in [0.2, 0.25) is 0 Å². The van der Waals surface area contributed by atoms with Crippen molar-refractivity contribution < 1.29 is 4.79 Å². The van der Waals surface area contributed by atoms with Gasteiger partial charge in [-0.2, -0.15) is 0 Å². The van der Waals surface area contributed by atoms with Crippen molar-refractivity contribution in [1.29, 1.82) is 0 Å². The molecule has 0 aliphatic carbocycles. The number of hydrogen-bond acceptors (Lipinski definition) is 4. The standard InChI is InChI=1S/C15H25N5O/c1-11-5-3-7-16-13(11)15(21)20-8-4-6-12(9-20)14-18-17-10-19(14)2/h10-13,16H,3-9H2,1-2H3. The summed E-state index contributed by atoms with van der Waals surface area (Å²) in [5, 5.41) is 11.6. The number of likely N-dealkylation sites (tertiary alicyclic amines) is 1. The number of rotatable bonds is 2. The number of nitrogens with one attached hydrogen (secondary N) is 1. The minimum atomic E-state index is -0.00278. The molecule has 2 saturated heterocycles. The molecular formula is C15H25N5O. The zero-order valence-electron chi connectivity index (χ0n) is 13.0. The number of aromatic nitrogens is 3. The molecule has 6 nitrogen and oxygen atoms in total. The molecule has 1 N–H and O–H groups in total. The second-order valence-electron chi connectivity index (χ2n) is 6.47. The minimum Gasteiger partial charge on any atom is -0.341 e. The molecule has 116 valence electrons. The summed E-state index contributed by atoms with van der Waals surface area (Å²) in [5.74, 6) is 2.02. The van der Waals surface area contributed by atoms with E-state index in [1.54, 1.807) is 6.33 Å². The fraction of sp³-hybridized carbons (Fsp3) is 0.800. The highest BCUT2D eigenvalue weighted by Gasteiger charge is 2.34. The van der Waals surface area contributed by atoms with E-state index in [1.807, 2.05) is 16.5 Å². The van der Waals surface area contributed by atoms with Crippen LogP contribution in [0.5, 0.6) is 0 Å². The Morgan fingerprint density at radius 2 is 2.24 bits per heavy atom. The Hall–Kier alpha value is -1.43. The molecule has 2 fully saturated rings. The topological polar surface area (TPSA) is 63.1 Å². The molecule has 3 heterocycles. The molecule has 1 aromatic heterocycles. The van der Waals surface area contributed by atoms with E-state index in [-0.39, 0.29) is 11.9 Å². The van der Waals surface area contributed by atoms with Crippen LogP contribution in [0.1, 0.15) is 44.3 Å². The zero-order valence-corrected chi connectivity index (χ0v) is 13.0. The second kappa shape index (κ2) is 6.13. The van der Waals surface area contributed by atoms with Crippen LogP contribution in [0.25, 0.3) is 0 Å². The van der Waals surface area contributed by atoms with Gasteiger partial charge in [-0.1, -0.05) is 6.92 Å². The van der Waals surface area contributed by atoms with Gasteiger partial charge in [0.25, 0.3) is 0 Å². The van der Waals surface area contributed by atoms with Crippen LogP contribution in [-0.2, 0) is 11.8 Å². The molecule has 6 heteroatoms. The molecular weight excluding hydrogens is 266 g/mol. The Kier molecular flexibility index (Phi) is 4.24. The van der Waals surface area contributed by atoms with Crippen molar-refractivity contribution in [2.75, 3.05) is 19.6 Å².